The minimum Gasteiger partial charge on any atom is -0.691 e. The van der Waals surface area contributed by atoms with E-state index in [1.165, 1.54) is 12.0 Å². The third-order valence-electron chi connectivity index (χ3n) is 8.00. The Hall–Kier alpha value is -0.400. The molecule has 4 rings (SSSR count). The molecule has 0 bridgehead atoms. The molecule has 0 aliphatic heterocycles. The molecule has 0 spiro atoms. The highest BCUT2D eigenvalue weighted by Crippen LogP contribution is 2.64. The van der Waals surface area contributed by atoms with Crippen molar-refractivity contribution in [2.75, 3.05) is 0 Å². The summed E-state index contributed by atoms with van der Waals surface area (Å²) in [6.45, 7) is 4.65. The largest absolute Gasteiger partial charge is 0.691 e. The molecule has 4 aliphatic carbocycles. The zero-order valence-corrected chi connectivity index (χ0v) is 15.8. The van der Waals surface area contributed by atoms with E-state index in [4.69, 9.17) is 4.18 Å². The molecule has 6 heteroatoms. The predicted octanol–water partition coefficient (Wildman–Crippen LogP) is 3.69. The quantitative estimate of drug-likeness (QED) is 0.248. The smallest absolute Gasteiger partial charge is 0.193 e. The number of allylic oxidation sites excluding steroid dienone is 1. The van der Waals surface area contributed by atoms with Crippen molar-refractivity contribution >= 4 is 18.1 Å². The summed E-state index contributed by atoms with van der Waals surface area (Å²) in [6.07, 6.45) is 10.7. The summed E-state index contributed by atoms with van der Waals surface area (Å²) in [4.78, 5) is 12.5. The summed E-state index contributed by atoms with van der Waals surface area (Å²) in [5.41, 5.74) is 1.67. The van der Waals surface area contributed by atoms with Crippen LogP contribution >= 0.6 is 12.3 Å². The van der Waals surface area contributed by atoms with Gasteiger partial charge in [-0.3, -0.25) is 14.0 Å². The summed E-state index contributed by atoms with van der Waals surface area (Å²) in [7, 11) is 0. The van der Waals surface area contributed by atoms with Gasteiger partial charge in [-0.2, -0.15) is 0 Å². The van der Waals surface area contributed by atoms with Crippen molar-refractivity contribution < 1.29 is 23.6 Å². The van der Waals surface area contributed by atoms with Crippen LogP contribution in [0.25, 0.3) is 0 Å². The normalized spacial score (nSPS) is 46.2. The SMILES string of the molecule is C[C@]12CC[C@H](OSOO[O-])CC1=CCC1C2CC[C@]2(C)C(=O)CCC12. The molecule has 0 aromatic heterocycles. The molecule has 0 N–H and O–H groups in total. The van der Waals surface area contributed by atoms with Gasteiger partial charge in [0, 0.05) is 11.8 Å². The lowest BCUT2D eigenvalue weighted by atomic mass is 9.48. The first kappa shape index (κ1) is 18.0. The lowest BCUT2D eigenvalue weighted by molar-refractivity contribution is -0.777. The van der Waals surface area contributed by atoms with Gasteiger partial charge in [0.05, 0.1) is 6.10 Å². The molecule has 0 amide bonds. The Labute approximate surface area is 153 Å². The number of hydrogen-bond donors (Lipinski definition) is 0. The molecule has 0 heterocycles. The lowest BCUT2D eigenvalue weighted by Gasteiger charge is -2.56. The number of hydrogen-bond acceptors (Lipinski definition) is 6. The van der Waals surface area contributed by atoms with Crippen LogP contribution in [0.2, 0.25) is 0 Å². The predicted molar refractivity (Wildman–Crippen MR) is 91.3 cm³/mol. The van der Waals surface area contributed by atoms with Crippen LogP contribution in [0.5, 0.6) is 0 Å². The average molecular weight is 367 g/mol. The topological polar surface area (TPSA) is 67.8 Å². The van der Waals surface area contributed by atoms with Crippen LogP contribution < -0.4 is 5.26 Å². The van der Waals surface area contributed by atoms with Crippen molar-refractivity contribution in [2.24, 2.45) is 28.6 Å². The van der Waals surface area contributed by atoms with Gasteiger partial charge in [0.2, 0.25) is 0 Å². The second-order valence-electron chi connectivity index (χ2n) is 8.84. The van der Waals surface area contributed by atoms with Gasteiger partial charge in [0.15, 0.2) is 12.3 Å². The second kappa shape index (κ2) is 6.64. The van der Waals surface area contributed by atoms with E-state index in [2.05, 4.69) is 29.3 Å². The second-order valence-corrected chi connectivity index (χ2v) is 9.31. The Kier molecular flexibility index (Phi) is 4.78. The zero-order valence-electron chi connectivity index (χ0n) is 15.0. The maximum atomic E-state index is 12.5. The average Bonchev–Trinajstić information content (AvgIpc) is 2.90. The van der Waals surface area contributed by atoms with Crippen molar-refractivity contribution in [3.05, 3.63) is 11.6 Å². The van der Waals surface area contributed by atoms with Crippen LogP contribution in [0.15, 0.2) is 11.6 Å². The molecule has 6 atom stereocenters. The van der Waals surface area contributed by atoms with Gasteiger partial charge in [-0.1, -0.05) is 25.5 Å². The Bertz CT molecular complexity index is 578. The highest BCUT2D eigenvalue weighted by Gasteiger charge is 2.58. The molecule has 140 valence electrons. The van der Waals surface area contributed by atoms with Crippen molar-refractivity contribution in [2.45, 2.75) is 71.3 Å². The highest BCUT2D eigenvalue weighted by atomic mass is 32.2. The molecule has 0 saturated heterocycles. The minimum absolute atomic E-state index is 0.0600. The molecule has 3 unspecified atom stereocenters. The highest BCUT2D eigenvalue weighted by molar-refractivity contribution is 7.89. The maximum Gasteiger partial charge on any atom is 0.193 e. The molecular weight excluding hydrogens is 340 g/mol. The number of fused-ring (bicyclic) bond motifs is 5. The number of carbonyl (C=O) groups is 1. The summed E-state index contributed by atoms with van der Waals surface area (Å²) < 4.78 is 9.78. The lowest BCUT2D eigenvalue weighted by Crippen LogP contribution is -2.50. The molecule has 0 radical (unpaired) electrons. The number of rotatable bonds is 4. The van der Waals surface area contributed by atoms with E-state index >= 15 is 0 Å². The van der Waals surface area contributed by atoms with Crippen LogP contribution in [0.4, 0.5) is 0 Å². The van der Waals surface area contributed by atoms with E-state index in [-0.39, 0.29) is 16.9 Å². The van der Waals surface area contributed by atoms with Crippen LogP contribution in [0.3, 0.4) is 0 Å². The van der Waals surface area contributed by atoms with Crippen LogP contribution in [-0.2, 0) is 18.3 Å². The Morgan fingerprint density at radius 2 is 1.92 bits per heavy atom. The van der Waals surface area contributed by atoms with Crippen molar-refractivity contribution in [3.8, 4) is 0 Å². The Morgan fingerprint density at radius 1 is 1.16 bits per heavy atom. The first-order valence-corrected chi connectivity index (χ1v) is 10.2. The van der Waals surface area contributed by atoms with Crippen molar-refractivity contribution in [1.82, 2.24) is 0 Å². The molecule has 0 aromatic carbocycles. The van der Waals surface area contributed by atoms with Gasteiger partial charge in [0.25, 0.3) is 0 Å². The summed E-state index contributed by atoms with van der Waals surface area (Å²) in [5.74, 6) is 2.42. The van der Waals surface area contributed by atoms with Gasteiger partial charge >= 0.3 is 0 Å². The van der Waals surface area contributed by atoms with Crippen LogP contribution in [-0.4, -0.2) is 11.9 Å². The monoisotopic (exact) mass is 367 g/mol. The fourth-order valence-electron chi connectivity index (χ4n) is 6.56. The molecule has 3 fully saturated rings. The Balaban J connectivity index is 1.51. The van der Waals surface area contributed by atoms with Gasteiger partial charge in [-0.25, -0.2) is 0 Å². The van der Waals surface area contributed by atoms with E-state index in [1.807, 2.05) is 0 Å². The molecular formula is C19H27O5S-. The van der Waals surface area contributed by atoms with E-state index in [9.17, 15) is 10.1 Å². The van der Waals surface area contributed by atoms with Gasteiger partial charge in [-0.15, -0.1) is 4.33 Å². The van der Waals surface area contributed by atoms with Gasteiger partial charge < -0.3 is 5.26 Å². The molecule has 5 nitrogen and oxygen atoms in total. The minimum atomic E-state index is -0.0600. The molecule has 25 heavy (non-hydrogen) atoms. The van der Waals surface area contributed by atoms with Crippen molar-refractivity contribution in [3.63, 3.8) is 0 Å². The number of ketones is 1. The third-order valence-corrected chi connectivity index (χ3v) is 8.46. The summed E-state index contributed by atoms with van der Waals surface area (Å²) in [5, 5.41) is 13.2. The van der Waals surface area contributed by atoms with Gasteiger partial charge in [0.1, 0.15) is 5.78 Å². The fourth-order valence-corrected chi connectivity index (χ4v) is 6.89. The number of carbonyl (C=O) groups excluding carboxylic acids is 1. The van der Waals surface area contributed by atoms with E-state index in [1.54, 1.807) is 0 Å². The van der Waals surface area contributed by atoms with Gasteiger partial charge in [-0.05, 0) is 68.1 Å². The standard InChI is InChI=1S/C19H28O5S/c1-18-9-7-13(22-25-24-23-21)11-12(18)3-4-14-15-5-6-17(20)19(15,2)10-8-16(14)18/h3,13-16,21H,4-11H2,1-2H3/p-1/t13-,14?,15?,16?,18-,19-/m0/s1. The first-order chi connectivity index (χ1) is 12.0. The fraction of sp³-hybridized carbons (Fsp3) is 0.842. The summed E-state index contributed by atoms with van der Waals surface area (Å²) >= 11 is 0.634. The van der Waals surface area contributed by atoms with Crippen LogP contribution in [0, 0.1) is 28.6 Å². The Morgan fingerprint density at radius 3 is 2.72 bits per heavy atom. The van der Waals surface area contributed by atoms with E-state index < -0.39 is 0 Å². The molecule has 0 aromatic rings. The number of Topliss-reactive ketones (excluding diaryl/α,β-unsaturated/α-hetero) is 1. The molecule has 4 aliphatic rings. The van der Waals surface area contributed by atoms with Crippen LogP contribution in [0.1, 0.15) is 65.2 Å². The van der Waals surface area contributed by atoms with E-state index in [0.717, 1.165) is 44.9 Å². The van der Waals surface area contributed by atoms with E-state index in [0.29, 0.717) is 35.9 Å². The summed E-state index contributed by atoms with van der Waals surface area (Å²) in [6, 6.07) is 0. The zero-order chi connectivity index (χ0) is 17.7. The third kappa shape index (κ3) is 2.81. The first-order valence-electron chi connectivity index (χ1n) is 9.50. The molecule has 3 saturated carbocycles. The maximum absolute atomic E-state index is 12.5. The van der Waals surface area contributed by atoms with Crippen molar-refractivity contribution in [1.29, 1.82) is 0 Å².